The van der Waals surface area contributed by atoms with Gasteiger partial charge in [0.2, 0.25) is 5.91 Å². The minimum Gasteiger partial charge on any atom is -0.308 e. The van der Waals surface area contributed by atoms with Crippen LogP contribution in [0.25, 0.3) is 0 Å². The molecule has 3 nitrogen and oxygen atoms in total. The zero-order chi connectivity index (χ0) is 14.8. The van der Waals surface area contributed by atoms with E-state index in [9.17, 15) is 4.79 Å². The van der Waals surface area contributed by atoms with Gasteiger partial charge in [0.25, 0.3) is 0 Å². The lowest BCUT2D eigenvalue weighted by atomic mass is 10.0. The molecule has 1 heterocycles. The van der Waals surface area contributed by atoms with Crippen molar-refractivity contribution >= 4 is 27.5 Å². The first kappa shape index (κ1) is 13.8. The molecule has 0 unspecified atom stereocenters. The zero-order valence-electron chi connectivity index (χ0n) is 11.3. The Balaban J connectivity index is 1.91. The number of halogens is 1. The molecule has 0 spiro atoms. The molecule has 0 radical (unpaired) electrons. The van der Waals surface area contributed by atoms with Crippen LogP contribution in [0.15, 0.2) is 46.9 Å². The summed E-state index contributed by atoms with van der Waals surface area (Å²) in [5.74, 6) is 0.147. The zero-order valence-corrected chi connectivity index (χ0v) is 12.9. The van der Waals surface area contributed by atoms with Gasteiger partial charge in [-0.2, -0.15) is 5.26 Å². The number of amides is 1. The average molecular weight is 341 g/mol. The molecule has 0 atom stereocenters. The molecule has 3 rings (SSSR count). The number of anilines is 1. The van der Waals surface area contributed by atoms with Gasteiger partial charge in [0.15, 0.2) is 0 Å². The molecule has 2 aromatic carbocycles. The molecule has 0 N–H and O–H groups in total. The van der Waals surface area contributed by atoms with Gasteiger partial charge in [-0.3, -0.25) is 4.79 Å². The molecular weight excluding hydrogens is 328 g/mol. The van der Waals surface area contributed by atoms with Gasteiger partial charge < -0.3 is 4.90 Å². The fourth-order valence-corrected chi connectivity index (χ4v) is 2.98. The number of carbonyl (C=O) groups is 1. The van der Waals surface area contributed by atoms with Crippen LogP contribution in [0.2, 0.25) is 0 Å². The summed E-state index contributed by atoms with van der Waals surface area (Å²) >= 11 is 3.47. The highest BCUT2D eigenvalue weighted by molar-refractivity contribution is 9.10. The highest BCUT2D eigenvalue weighted by atomic mass is 79.9. The number of aryl methyl sites for hydroxylation is 1. The van der Waals surface area contributed by atoms with E-state index in [0.717, 1.165) is 22.1 Å². The minimum atomic E-state index is 0.147. The van der Waals surface area contributed by atoms with Crippen LogP contribution in [0.4, 0.5) is 5.69 Å². The van der Waals surface area contributed by atoms with Gasteiger partial charge in [-0.05, 0) is 47.9 Å². The van der Waals surface area contributed by atoms with Gasteiger partial charge in [0, 0.05) is 16.6 Å². The average Bonchev–Trinajstić information content (AvgIpc) is 2.51. The number of hydrogen-bond donors (Lipinski definition) is 0. The maximum atomic E-state index is 12.2. The van der Waals surface area contributed by atoms with E-state index in [1.54, 1.807) is 12.1 Å². The van der Waals surface area contributed by atoms with E-state index < -0.39 is 0 Å². The highest BCUT2D eigenvalue weighted by Crippen LogP contribution is 2.31. The second-order valence-corrected chi connectivity index (χ2v) is 5.98. The summed E-state index contributed by atoms with van der Waals surface area (Å²) in [4.78, 5) is 14.1. The van der Waals surface area contributed by atoms with Gasteiger partial charge in [-0.25, -0.2) is 0 Å². The lowest BCUT2D eigenvalue weighted by Gasteiger charge is -2.29. The van der Waals surface area contributed by atoms with Crippen molar-refractivity contribution in [1.29, 1.82) is 5.26 Å². The Morgan fingerprint density at radius 1 is 1.14 bits per heavy atom. The van der Waals surface area contributed by atoms with E-state index in [-0.39, 0.29) is 5.91 Å². The number of nitrogens with zero attached hydrogens (tertiary/aromatic N) is 2. The lowest BCUT2D eigenvalue weighted by Crippen LogP contribution is -2.34. The first-order valence-electron chi connectivity index (χ1n) is 6.75. The molecule has 21 heavy (non-hydrogen) atoms. The number of rotatable bonds is 2. The third-order valence-electron chi connectivity index (χ3n) is 3.67. The van der Waals surface area contributed by atoms with Crippen molar-refractivity contribution in [3.63, 3.8) is 0 Å². The van der Waals surface area contributed by atoms with E-state index in [4.69, 9.17) is 5.26 Å². The molecule has 0 saturated carbocycles. The molecule has 1 amide bonds. The Labute approximate surface area is 131 Å². The van der Waals surface area contributed by atoms with Crippen molar-refractivity contribution < 1.29 is 4.79 Å². The van der Waals surface area contributed by atoms with Crippen molar-refractivity contribution in [2.24, 2.45) is 0 Å². The first-order chi connectivity index (χ1) is 10.2. The number of benzene rings is 2. The summed E-state index contributed by atoms with van der Waals surface area (Å²) in [6.07, 6.45) is 1.33. The smallest absolute Gasteiger partial charge is 0.227 e. The third-order valence-corrected chi connectivity index (χ3v) is 4.16. The Morgan fingerprint density at radius 2 is 1.90 bits per heavy atom. The molecule has 1 aliphatic rings. The van der Waals surface area contributed by atoms with Gasteiger partial charge in [-0.15, -0.1) is 0 Å². The number of fused-ring (bicyclic) bond motifs is 1. The predicted octanol–water partition coefficient (Wildman–Crippen LogP) is 3.80. The van der Waals surface area contributed by atoms with Crippen LogP contribution >= 0.6 is 15.9 Å². The van der Waals surface area contributed by atoms with Gasteiger partial charge in [0.1, 0.15) is 0 Å². The molecule has 0 aromatic heterocycles. The lowest BCUT2D eigenvalue weighted by molar-refractivity contribution is -0.119. The van der Waals surface area contributed by atoms with Crippen LogP contribution in [0.1, 0.15) is 23.1 Å². The SMILES string of the molecule is N#Cc1ccc(CN2C(=O)CCc3cc(Br)ccc32)cc1. The summed E-state index contributed by atoms with van der Waals surface area (Å²) in [6, 6.07) is 15.5. The molecule has 0 saturated heterocycles. The monoisotopic (exact) mass is 340 g/mol. The standard InChI is InChI=1S/C17H13BrN2O/c18-15-6-7-16-14(9-15)5-8-17(21)20(16)11-13-3-1-12(10-19)2-4-13/h1-4,6-7,9H,5,8,11H2. The predicted molar refractivity (Wildman–Crippen MR) is 84.8 cm³/mol. The van der Waals surface area contributed by atoms with Crippen LogP contribution < -0.4 is 4.90 Å². The molecule has 0 bridgehead atoms. The maximum Gasteiger partial charge on any atom is 0.227 e. The topological polar surface area (TPSA) is 44.1 Å². The largest absolute Gasteiger partial charge is 0.308 e. The molecule has 2 aromatic rings. The molecule has 0 fully saturated rings. The molecular formula is C17H13BrN2O. The van der Waals surface area contributed by atoms with E-state index in [1.807, 2.05) is 29.2 Å². The first-order valence-corrected chi connectivity index (χ1v) is 7.54. The summed E-state index contributed by atoms with van der Waals surface area (Å²) < 4.78 is 1.04. The van der Waals surface area contributed by atoms with Crippen molar-refractivity contribution in [2.75, 3.05) is 4.90 Å². The molecule has 0 aliphatic carbocycles. The summed E-state index contributed by atoms with van der Waals surface area (Å²) in [6.45, 7) is 0.541. The Kier molecular flexibility index (Phi) is 3.76. The number of carbonyl (C=O) groups excluding carboxylic acids is 1. The fraction of sp³-hybridized carbons (Fsp3) is 0.176. The van der Waals surface area contributed by atoms with E-state index in [2.05, 4.69) is 28.1 Å². The normalized spacial score (nSPS) is 13.7. The van der Waals surface area contributed by atoms with Crippen LogP contribution in [-0.4, -0.2) is 5.91 Å². The van der Waals surface area contributed by atoms with Crippen LogP contribution in [-0.2, 0) is 17.8 Å². The molecule has 1 aliphatic heterocycles. The second-order valence-electron chi connectivity index (χ2n) is 5.06. The Bertz CT molecular complexity index is 731. The number of nitriles is 1. The number of hydrogen-bond acceptors (Lipinski definition) is 2. The van der Waals surface area contributed by atoms with Crippen molar-refractivity contribution in [3.05, 3.63) is 63.6 Å². The van der Waals surface area contributed by atoms with E-state index in [1.165, 1.54) is 5.56 Å². The van der Waals surface area contributed by atoms with Crippen molar-refractivity contribution in [2.45, 2.75) is 19.4 Å². The van der Waals surface area contributed by atoms with E-state index >= 15 is 0 Å². The summed E-state index contributed by atoms with van der Waals surface area (Å²) in [7, 11) is 0. The van der Waals surface area contributed by atoms with Gasteiger partial charge in [0.05, 0.1) is 18.2 Å². The molecule has 4 heteroatoms. The van der Waals surface area contributed by atoms with Crippen LogP contribution in [0.5, 0.6) is 0 Å². The Morgan fingerprint density at radius 3 is 2.62 bits per heavy atom. The fourth-order valence-electron chi connectivity index (χ4n) is 2.57. The summed E-state index contributed by atoms with van der Waals surface area (Å²) in [5, 5.41) is 8.83. The maximum absolute atomic E-state index is 12.2. The van der Waals surface area contributed by atoms with Gasteiger partial charge >= 0.3 is 0 Å². The summed E-state index contributed by atoms with van der Waals surface area (Å²) in [5.41, 5.74) is 3.84. The van der Waals surface area contributed by atoms with Crippen LogP contribution in [0, 0.1) is 11.3 Å². The second kappa shape index (κ2) is 5.71. The van der Waals surface area contributed by atoms with Crippen molar-refractivity contribution in [3.8, 4) is 6.07 Å². The highest BCUT2D eigenvalue weighted by Gasteiger charge is 2.24. The minimum absolute atomic E-state index is 0.147. The van der Waals surface area contributed by atoms with Crippen LogP contribution in [0.3, 0.4) is 0 Å². The third kappa shape index (κ3) is 2.84. The van der Waals surface area contributed by atoms with Crippen molar-refractivity contribution in [1.82, 2.24) is 0 Å². The Hall–Kier alpha value is -2.12. The quantitative estimate of drug-likeness (QED) is 0.834. The molecule has 104 valence electrons. The van der Waals surface area contributed by atoms with Gasteiger partial charge in [-0.1, -0.05) is 28.1 Å². The van der Waals surface area contributed by atoms with E-state index in [0.29, 0.717) is 18.5 Å².